The number of likely N-dealkylation sites (N-methyl/N-ethyl adjacent to an activating group) is 1. The van der Waals surface area contributed by atoms with E-state index in [1.165, 1.54) is 0 Å². The van der Waals surface area contributed by atoms with Crippen LogP contribution in [0.5, 0.6) is 0 Å². The van der Waals surface area contributed by atoms with Crippen LogP contribution >= 0.6 is 0 Å². The molecule has 4 heteroatoms. The lowest BCUT2D eigenvalue weighted by Crippen LogP contribution is -2.34. The van der Waals surface area contributed by atoms with Gasteiger partial charge in [-0.2, -0.15) is 0 Å². The quantitative estimate of drug-likeness (QED) is 0.905. The number of nitrogens with two attached hydrogens (primary N) is 1. The normalized spacial score (nSPS) is 23.9. The molecule has 0 spiro atoms. The molecule has 1 aliphatic rings. The summed E-state index contributed by atoms with van der Waals surface area (Å²) >= 11 is 0. The lowest BCUT2D eigenvalue weighted by Gasteiger charge is -2.25. The SMILES string of the molecule is CCC(N)Cc1cccc(F)c1N1CC(C)C(N(C)C)C1. The molecular formula is C17H28FN3. The maximum Gasteiger partial charge on any atom is 0.146 e. The second-order valence-corrected chi connectivity index (χ2v) is 6.53. The highest BCUT2D eigenvalue weighted by Gasteiger charge is 2.33. The maximum atomic E-state index is 14.4. The van der Waals surface area contributed by atoms with Crippen molar-refractivity contribution in [3.8, 4) is 0 Å². The Morgan fingerprint density at radius 3 is 2.67 bits per heavy atom. The summed E-state index contributed by atoms with van der Waals surface area (Å²) in [6, 6.07) is 5.93. The van der Waals surface area contributed by atoms with Gasteiger partial charge in [0.2, 0.25) is 0 Å². The summed E-state index contributed by atoms with van der Waals surface area (Å²) in [7, 11) is 4.19. The maximum absolute atomic E-state index is 14.4. The third-order valence-electron chi connectivity index (χ3n) is 4.63. The average Bonchev–Trinajstić information content (AvgIpc) is 2.80. The molecule has 118 valence electrons. The highest BCUT2D eigenvalue weighted by Crippen LogP contribution is 2.31. The van der Waals surface area contributed by atoms with Gasteiger partial charge in [-0.25, -0.2) is 4.39 Å². The summed E-state index contributed by atoms with van der Waals surface area (Å²) in [6.07, 6.45) is 1.65. The van der Waals surface area contributed by atoms with E-state index in [0.717, 1.165) is 37.2 Å². The molecule has 0 saturated carbocycles. The van der Waals surface area contributed by atoms with E-state index >= 15 is 0 Å². The molecule has 1 aliphatic heterocycles. The molecule has 0 aliphatic carbocycles. The molecule has 3 nitrogen and oxygen atoms in total. The Morgan fingerprint density at radius 1 is 1.38 bits per heavy atom. The van der Waals surface area contributed by atoms with Crippen LogP contribution in [0.2, 0.25) is 0 Å². The minimum absolute atomic E-state index is 0.0928. The van der Waals surface area contributed by atoms with E-state index in [-0.39, 0.29) is 11.9 Å². The van der Waals surface area contributed by atoms with Crippen molar-refractivity contribution in [3.63, 3.8) is 0 Å². The summed E-state index contributed by atoms with van der Waals surface area (Å²) in [5, 5.41) is 0. The highest BCUT2D eigenvalue weighted by atomic mass is 19.1. The first-order valence-corrected chi connectivity index (χ1v) is 7.88. The Hall–Kier alpha value is -1.13. The zero-order chi connectivity index (χ0) is 15.6. The van der Waals surface area contributed by atoms with Crippen molar-refractivity contribution in [1.29, 1.82) is 0 Å². The zero-order valence-electron chi connectivity index (χ0n) is 13.6. The number of para-hydroxylation sites is 1. The van der Waals surface area contributed by atoms with E-state index in [9.17, 15) is 4.39 Å². The highest BCUT2D eigenvalue weighted by molar-refractivity contribution is 5.56. The van der Waals surface area contributed by atoms with Gasteiger partial charge in [-0.15, -0.1) is 0 Å². The average molecular weight is 293 g/mol. The van der Waals surface area contributed by atoms with Crippen molar-refractivity contribution in [2.45, 2.75) is 38.8 Å². The fourth-order valence-corrected chi connectivity index (χ4v) is 3.31. The van der Waals surface area contributed by atoms with Crippen molar-refractivity contribution >= 4 is 5.69 Å². The molecule has 21 heavy (non-hydrogen) atoms. The van der Waals surface area contributed by atoms with Crippen LogP contribution in [0.15, 0.2) is 18.2 Å². The van der Waals surface area contributed by atoms with Crippen molar-refractivity contribution in [2.24, 2.45) is 11.7 Å². The molecule has 2 rings (SSSR count). The van der Waals surface area contributed by atoms with Gasteiger partial charge in [-0.3, -0.25) is 0 Å². The van der Waals surface area contributed by atoms with Crippen LogP contribution in [0.25, 0.3) is 0 Å². The fraction of sp³-hybridized carbons (Fsp3) is 0.647. The number of hydrogen-bond donors (Lipinski definition) is 1. The third kappa shape index (κ3) is 3.55. The van der Waals surface area contributed by atoms with Crippen molar-refractivity contribution in [2.75, 3.05) is 32.1 Å². The van der Waals surface area contributed by atoms with Crippen molar-refractivity contribution in [3.05, 3.63) is 29.6 Å². The Labute approximate surface area is 127 Å². The number of hydrogen-bond acceptors (Lipinski definition) is 3. The molecule has 1 heterocycles. The van der Waals surface area contributed by atoms with E-state index in [2.05, 4.69) is 37.7 Å². The van der Waals surface area contributed by atoms with Gasteiger partial charge in [0.25, 0.3) is 0 Å². The summed E-state index contributed by atoms with van der Waals surface area (Å²) in [5.41, 5.74) is 7.88. The van der Waals surface area contributed by atoms with Gasteiger partial charge in [-0.1, -0.05) is 26.0 Å². The van der Waals surface area contributed by atoms with E-state index in [4.69, 9.17) is 5.73 Å². The number of halogens is 1. The van der Waals surface area contributed by atoms with E-state index in [1.54, 1.807) is 12.1 Å². The van der Waals surface area contributed by atoms with Crippen LogP contribution in [0, 0.1) is 11.7 Å². The molecule has 1 saturated heterocycles. The van der Waals surface area contributed by atoms with Gasteiger partial charge in [0, 0.05) is 25.2 Å². The minimum Gasteiger partial charge on any atom is -0.367 e. The Bertz CT molecular complexity index is 475. The zero-order valence-corrected chi connectivity index (χ0v) is 13.6. The Morgan fingerprint density at radius 2 is 2.10 bits per heavy atom. The number of rotatable bonds is 5. The largest absolute Gasteiger partial charge is 0.367 e. The van der Waals surface area contributed by atoms with Gasteiger partial charge in [0.05, 0.1) is 5.69 Å². The first-order chi connectivity index (χ1) is 9.93. The Balaban J connectivity index is 2.27. The molecule has 0 amide bonds. The predicted molar refractivity (Wildman–Crippen MR) is 87.2 cm³/mol. The molecule has 3 unspecified atom stereocenters. The summed E-state index contributed by atoms with van der Waals surface area (Å²) in [6.45, 7) is 6.09. The van der Waals surface area contributed by atoms with Crippen molar-refractivity contribution in [1.82, 2.24) is 4.90 Å². The van der Waals surface area contributed by atoms with Crippen LogP contribution in [-0.2, 0) is 6.42 Å². The predicted octanol–water partition coefficient (Wildman–Crippen LogP) is 2.49. The molecule has 2 N–H and O–H groups in total. The molecule has 1 fully saturated rings. The smallest absolute Gasteiger partial charge is 0.146 e. The number of anilines is 1. The molecule has 0 bridgehead atoms. The van der Waals surface area contributed by atoms with Crippen LogP contribution < -0.4 is 10.6 Å². The summed E-state index contributed by atoms with van der Waals surface area (Å²) in [5.74, 6) is 0.412. The minimum atomic E-state index is -0.123. The van der Waals surface area contributed by atoms with Gasteiger partial charge in [-0.05, 0) is 44.5 Å². The fourth-order valence-electron chi connectivity index (χ4n) is 3.31. The molecule has 3 atom stereocenters. The van der Waals surface area contributed by atoms with Crippen LogP contribution in [0.3, 0.4) is 0 Å². The topological polar surface area (TPSA) is 32.5 Å². The van der Waals surface area contributed by atoms with E-state index in [1.807, 2.05) is 6.07 Å². The monoisotopic (exact) mass is 293 g/mol. The summed E-state index contributed by atoms with van der Waals surface area (Å²) in [4.78, 5) is 4.44. The number of nitrogens with zero attached hydrogens (tertiary/aromatic N) is 2. The lowest BCUT2D eigenvalue weighted by atomic mass is 10.0. The third-order valence-corrected chi connectivity index (χ3v) is 4.63. The second kappa shape index (κ2) is 6.75. The number of benzene rings is 1. The van der Waals surface area contributed by atoms with Crippen LogP contribution in [0.4, 0.5) is 10.1 Å². The van der Waals surface area contributed by atoms with Gasteiger partial charge in [0.1, 0.15) is 5.82 Å². The van der Waals surface area contributed by atoms with Gasteiger partial charge in [0.15, 0.2) is 0 Å². The van der Waals surface area contributed by atoms with E-state index < -0.39 is 0 Å². The molecule has 1 aromatic carbocycles. The Kier molecular flexibility index (Phi) is 5.22. The molecule has 1 aromatic rings. The van der Waals surface area contributed by atoms with Crippen LogP contribution in [0.1, 0.15) is 25.8 Å². The standard InChI is InChI=1S/C17H28FN3/c1-5-14(19)9-13-7-6-8-15(18)17(13)21-10-12(2)16(11-21)20(3)4/h6-8,12,14,16H,5,9-11,19H2,1-4H3. The molecule has 0 aromatic heterocycles. The van der Waals surface area contributed by atoms with Crippen LogP contribution in [-0.4, -0.2) is 44.2 Å². The van der Waals surface area contributed by atoms with E-state index in [0.29, 0.717) is 12.0 Å². The lowest BCUT2D eigenvalue weighted by molar-refractivity contribution is 0.266. The second-order valence-electron chi connectivity index (χ2n) is 6.53. The van der Waals surface area contributed by atoms with Crippen molar-refractivity contribution < 1.29 is 4.39 Å². The molecular weight excluding hydrogens is 265 g/mol. The molecule has 0 radical (unpaired) electrons. The summed E-state index contributed by atoms with van der Waals surface area (Å²) < 4.78 is 14.4. The van der Waals surface area contributed by atoms with Gasteiger partial charge < -0.3 is 15.5 Å². The van der Waals surface area contributed by atoms with Gasteiger partial charge >= 0.3 is 0 Å². The first kappa shape index (κ1) is 16.2. The first-order valence-electron chi connectivity index (χ1n) is 7.88.